The first kappa shape index (κ1) is 25.3. The van der Waals surface area contributed by atoms with Gasteiger partial charge < -0.3 is 26.0 Å². The highest BCUT2D eigenvalue weighted by atomic mass is 35.5. The number of amides is 2. The number of nitrogens with two attached hydrogens (primary N) is 1. The average molecular weight is 488 g/mol. The first-order valence-electron chi connectivity index (χ1n) is 11.1. The molecule has 182 valence electrons. The highest BCUT2D eigenvalue weighted by Crippen LogP contribution is 2.36. The van der Waals surface area contributed by atoms with Crippen LogP contribution in [-0.4, -0.2) is 56.3 Å². The number of carbonyl (C=O) groups is 3. The zero-order valence-electron chi connectivity index (χ0n) is 19.2. The number of benzene rings is 1. The topological polar surface area (TPSA) is 126 Å². The Bertz CT molecular complexity index is 1010. The van der Waals surface area contributed by atoms with Gasteiger partial charge in [-0.2, -0.15) is 0 Å². The van der Waals surface area contributed by atoms with Gasteiger partial charge in [-0.25, -0.2) is 4.79 Å². The molecular weight excluding hydrogens is 458 g/mol. The van der Waals surface area contributed by atoms with Crippen LogP contribution in [0.4, 0.5) is 5.69 Å². The van der Waals surface area contributed by atoms with Gasteiger partial charge in [0.1, 0.15) is 5.54 Å². The van der Waals surface area contributed by atoms with E-state index in [1.165, 1.54) is 19.5 Å². The summed E-state index contributed by atoms with van der Waals surface area (Å²) < 4.78 is 4.89. The average Bonchev–Trinajstić information content (AvgIpc) is 3.63. The van der Waals surface area contributed by atoms with Crippen LogP contribution in [0.3, 0.4) is 0 Å². The van der Waals surface area contributed by atoms with Crippen molar-refractivity contribution in [1.82, 2.24) is 10.6 Å². The van der Waals surface area contributed by atoms with E-state index in [1.807, 2.05) is 6.07 Å². The molecule has 1 aliphatic heterocycles. The highest BCUT2D eigenvalue weighted by molar-refractivity contribution is 6.31. The maximum Gasteiger partial charge on any atom is 0.340 e. The van der Waals surface area contributed by atoms with E-state index >= 15 is 0 Å². The van der Waals surface area contributed by atoms with Crippen LogP contribution in [0, 0.1) is 5.92 Å². The summed E-state index contributed by atoms with van der Waals surface area (Å²) in [6.45, 7) is 5.46. The van der Waals surface area contributed by atoms with Gasteiger partial charge in [0.25, 0.3) is 5.91 Å². The number of piperidine rings is 1. The van der Waals surface area contributed by atoms with Crippen LogP contribution >= 0.6 is 11.6 Å². The standard InChI is InChI=1S/C24H30ClN5O4/c1-3-27-15-17(13-26)21(31)29-24(8-9-24)23(33)28-14-16-6-10-30(11-7-16)20-5-4-18(25)12-19(20)22(32)34-2/h3-5,12-13,15-16H,1,6-11,14,26H2,2H3,(H,28,33)(H,29,31)/b17-13+,27-15-. The van der Waals surface area contributed by atoms with Crippen molar-refractivity contribution in [2.45, 2.75) is 31.2 Å². The summed E-state index contributed by atoms with van der Waals surface area (Å²) in [7, 11) is 1.35. The molecule has 1 saturated carbocycles. The number of esters is 1. The molecule has 0 aromatic heterocycles. The Labute approximate surface area is 204 Å². The molecule has 1 aromatic carbocycles. The van der Waals surface area contributed by atoms with Gasteiger partial charge in [-0.3, -0.25) is 14.6 Å². The monoisotopic (exact) mass is 487 g/mol. The van der Waals surface area contributed by atoms with Crippen molar-refractivity contribution in [2.75, 3.05) is 31.6 Å². The fourth-order valence-corrected chi connectivity index (χ4v) is 4.15. The van der Waals surface area contributed by atoms with Crippen LogP contribution in [0.25, 0.3) is 0 Å². The second-order valence-corrected chi connectivity index (χ2v) is 8.85. The number of hydrogen-bond acceptors (Lipinski definition) is 7. The Morgan fingerprint density at radius 1 is 1.32 bits per heavy atom. The van der Waals surface area contributed by atoms with Gasteiger partial charge in [0.15, 0.2) is 0 Å². The lowest BCUT2D eigenvalue weighted by molar-refractivity contribution is -0.128. The number of ether oxygens (including phenoxy) is 1. The summed E-state index contributed by atoms with van der Waals surface area (Å²) in [5.41, 5.74) is 6.00. The molecule has 2 amide bonds. The third-order valence-corrected chi connectivity index (χ3v) is 6.40. The number of hydrogen-bond donors (Lipinski definition) is 3. The van der Waals surface area contributed by atoms with E-state index in [2.05, 4.69) is 27.1 Å². The van der Waals surface area contributed by atoms with Gasteiger partial charge in [0.2, 0.25) is 5.91 Å². The minimum Gasteiger partial charge on any atom is -0.465 e. The summed E-state index contributed by atoms with van der Waals surface area (Å²) in [5, 5.41) is 6.26. The Morgan fingerprint density at radius 2 is 2.03 bits per heavy atom. The Kier molecular flexibility index (Phi) is 8.33. The summed E-state index contributed by atoms with van der Waals surface area (Å²) in [4.78, 5) is 43.3. The molecule has 1 saturated heterocycles. The molecule has 0 atom stereocenters. The molecule has 0 radical (unpaired) electrons. The van der Waals surface area contributed by atoms with Crippen molar-refractivity contribution in [2.24, 2.45) is 16.6 Å². The second-order valence-electron chi connectivity index (χ2n) is 8.41. The van der Waals surface area contributed by atoms with Gasteiger partial charge >= 0.3 is 5.97 Å². The van der Waals surface area contributed by atoms with E-state index in [4.69, 9.17) is 22.1 Å². The molecule has 9 nitrogen and oxygen atoms in total. The van der Waals surface area contributed by atoms with Gasteiger partial charge in [0, 0.05) is 43.3 Å². The number of anilines is 1. The molecule has 0 unspecified atom stereocenters. The maximum atomic E-state index is 12.8. The molecular formula is C24H30ClN5O4. The minimum atomic E-state index is -0.896. The van der Waals surface area contributed by atoms with Gasteiger partial charge in [0.05, 0.1) is 23.9 Å². The van der Waals surface area contributed by atoms with E-state index < -0.39 is 17.4 Å². The number of carbonyl (C=O) groups excluding carboxylic acids is 3. The van der Waals surface area contributed by atoms with E-state index in [9.17, 15) is 14.4 Å². The SMILES string of the molecule is C=C/N=C\C(=C/N)C(=O)NC1(C(=O)NCC2CCN(c3ccc(Cl)cc3C(=O)OC)CC2)CC1. The van der Waals surface area contributed by atoms with Crippen molar-refractivity contribution < 1.29 is 19.1 Å². The van der Waals surface area contributed by atoms with E-state index in [-0.39, 0.29) is 11.5 Å². The van der Waals surface area contributed by atoms with Crippen LogP contribution in [-0.2, 0) is 14.3 Å². The smallest absolute Gasteiger partial charge is 0.340 e. The van der Waals surface area contributed by atoms with Crippen LogP contribution in [0.5, 0.6) is 0 Å². The van der Waals surface area contributed by atoms with Gasteiger partial charge in [-0.05, 0) is 49.8 Å². The molecule has 1 heterocycles. The molecule has 2 aliphatic rings. The first-order chi connectivity index (χ1) is 16.3. The Morgan fingerprint density at radius 3 is 2.62 bits per heavy atom. The molecule has 2 fully saturated rings. The lowest BCUT2D eigenvalue weighted by Crippen LogP contribution is -2.51. The fraction of sp³-hybridized carbons (Fsp3) is 0.417. The highest BCUT2D eigenvalue weighted by Gasteiger charge is 2.51. The van der Waals surface area contributed by atoms with Crippen molar-refractivity contribution in [1.29, 1.82) is 0 Å². The summed E-state index contributed by atoms with van der Waals surface area (Å²) in [6, 6.07) is 5.21. The second kappa shape index (κ2) is 11.2. The van der Waals surface area contributed by atoms with E-state index in [0.29, 0.717) is 35.9 Å². The van der Waals surface area contributed by atoms with E-state index in [1.54, 1.807) is 12.1 Å². The first-order valence-corrected chi connectivity index (χ1v) is 11.5. The minimum absolute atomic E-state index is 0.167. The molecule has 1 aliphatic carbocycles. The Balaban J connectivity index is 1.52. The van der Waals surface area contributed by atoms with Crippen molar-refractivity contribution in [3.63, 3.8) is 0 Å². The van der Waals surface area contributed by atoms with Crippen molar-refractivity contribution in [3.8, 4) is 0 Å². The third kappa shape index (κ3) is 5.96. The number of methoxy groups -OCH3 is 1. The zero-order valence-corrected chi connectivity index (χ0v) is 19.9. The number of halogens is 1. The lowest BCUT2D eigenvalue weighted by Gasteiger charge is -2.34. The molecule has 0 bridgehead atoms. The number of nitrogens with zero attached hydrogens (tertiary/aromatic N) is 2. The molecule has 4 N–H and O–H groups in total. The number of aliphatic imine (C=N–C) groups is 1. The number of nitrogens with one attached hydrogen (secondary N) is 2. The molecule has 34 heavy (non-hydrogen) atoms. The third-order valence-electron chi connectivity index (χ3n) is 6.17. The molecule has 3 rings (SSSR count). The molecule has 0 spiro atoms. The van der Waals surface area contributed by atoms with Crippen LogP contribution < -0.4 is 21.3 Å². The van der Waals surface area contributed by atoms with Crippen molar-refractivity contribution >= 4 is 41.3 Å². The summed E-state index contributed by atoms with van der Waals surface area (Å²) in [6.07, 6.45) is 6.60. The normalized spacial score (nSPS) is 17.8. The maximum absolute atomic E-state index is 12.8. The fourth-order valence-electron chi connectivity index (χ4n) is 3.98. The molecule has 10 heteroatoms. The quantitative estimate of drug-likeness (QED) is 0.278. The summed E-state index contributed by atoms with van der Waals surface area (Å²) >= 11 is 6.06. The number of rotatable bonds is 9. The zero-order chi connectivity index (χ0) is 24.7. The van der Waals surface area contributed by atoms with Gasteiger partial charge in [-0.15, -0.1) is 0 Å². The largest absolute Gasteiger partial charge is 0.465 e. The van der Waals surface area contributed by atoms with Gasteiger partial charge in [-0.1, -0.05) is 18.2 Å². The predicted molar refractivity (Wildman–Crippen MR) is 132 cm³/mol. The Hall–Kier alpha value is -3.33. The van der Waals surface area contributed by atoms with Crippen molar-refractivity contribution in [3.05, 3.63) is 53.3 Å². The summed E-state index contributed by atoms with van der Waals surface area (Å²) in [5.74, 6) is -0.767. The van der Waals surface area contributed by atoms with E-state index in [0.717, 1.165) is 37.8 Å². The van der Waals surface area contributed by atoms with Crippen LogP contribution in [0.2, 0.25) is 5.02 Å². The van der Waals surface area contributed by atoms with Crippen LogP contribution in [0.15, 0.2) is 47.7 Å². The van der Waals surface area contributed by atoms with Crippen LogP contribution in [0.1, 0.15) is 36.0 Å². The predicted octanol–water partition coefficient (Wildman–Crippen LogP) is 2.16. The molecule has 1 aromatic rings. The lowest BCUT2D eigenvalue weighted by atomic mass is 9.95.